The molecule has 1 heterocycles. The van der Waals surface area contributed by atoms with E-state index in [9.17, 15) is 4.79 Å². The summed E-state index contributed by atoms with van der Waals surface area (Å²) in [5.41, 5.74) is 4.46. The van der Waals surface area contributed by atoms with Gasteiger partial charge in [-0.05, 0) is 44.0 Å². The minimum Gasteiger partial charge on any atom is -0.341 e. The van der Waals surface area contributed by atoms with E-state index in [0.717, 1.165) is 17.0 Å². The number of likely N-dealkylation sites (N-methyl/N-ethyl adjacent to an activating group) is 1. The zero-order chi connectivity index (χ0) is 16.3. The number of benzene rings is 1. The van der Waals surface area contributed by atoms with Gasteiger partial charge in [0, 0.05) is 24.5 Å². The van der Waals surface area contributed by atoms with E-state index >= 15 is 0 Å². The summed E-state index contributed by atoms with van der Waals surface area (Å²) in [6.07, 6.45) is 3.12. The lowest BCUT2D eigenvalue weighted by Gasteiger charge is -2.19. The van der Waals surface area contributed by atoms with Crippen molar-refractivity contribution in [2.75, 3.05) is 7.05 Å². The molecule has 0 aliphatic rings. The van der Waals surface area contributed by atoms with Crippen LogP contribution in [-0.2, 0) is 4.79 Å². The number of amides is 1. The van der Waals surface area contributed by atoms with E-state index in [-0.39, 0.29) is 6.04 Å². The van der Waals surface area contributed by atoms with E-state index in [0.29, 0.717) is 5.06 Å². The molecule has 2 aromatic rings. The van der Waals surface area contributed by atoms with Crippen molar-refractivity contribution >= 4 is 12.0 Å². The Morgan fingerprint density at radius 3 is 2.50 bits per heavy atom. The zero-order valence-electron chi connectivity index (χ0n) is 13.4. The van der Waals surface area contributed by atoms with Gasteiger partial charge in [-0.3, -0.25) is 10.0 Å². The van der Waals surface area contributed by atoms with Gasteiger partial charge in [-0.15, -0.1) is 0 Å². The van der Waals surface area contributed by atoms with E-state index < -0.39 is 5.91 Å². The predicted molar refractivity (Wildman–Crippen MR) is 87.8 cm³/mol. The fourth-order valence-electron chi connectivity index (χ4n) is 2.72. The van der Waals surface area contributed by atoms with Gasteiger partial charge in [-0.2, -0.15) is 0 Å². The molecule has 2 rings (SSSR count). The molecule has 1 N–H and O–H groups in total. The molecule has 116 valence electrons. The van der Waals surface area contributed by atoms with Crippen molar-refractivity contribution in [1.82, 2.24) is 9.63 Å². The van der Waals surface area contributed by atoms with Gasteiger partial charge in [-0.25, -0.2) is 5.06 Å². The van der Waals surface area contributed by atoms with Gasteiger partial charge in [0.2, 0.25) is 0 Å². The fraction of sp³-hybridized carbons (Fsp3) is 0.278. The van der Waals surface area contributed by atoms with Crippen LogP contribution in [-0.4, -0.2) is 27.8 Å². The molecule has 1 aromatic heterocycles. The molecule has 0 bridgehead atoms. The molecule has 0 saturated carbocycles. The van der Waals surface area contributed by atoms with Gasteiger partial charge in [0.1, 0.15) is 0 Å². The van der Waals surface area contributed by atoms with Crippen LogP contribution in [0, 0.1) is 13.8 Å². The molecule has 0 saturated heterocycles. The Bertz CT molecular complexity index is 685. The lowest BCUT2D eigenvalue weighted by Crippen LogP contribution is -2.19. The van der Waals surface area contributed by atoms with Crippen molar-refractivity contribution < 1.29 is 10.0 Å². The first kappa shape index (κ1) is 16.0. The van der Waals surface area contributed by atoms with Gasteiger partial charge >= 0.3 is 0 Å². The number of aryl methyl sites for hydroxylation is 1. The largest absolute Gasteiger partial charge is 0.341 e. The van der Waals surface area contributed by atoms with Crippen molar-refractivity contribution in [2.45, 2.75) is 26.8 Å². The second kappa shape index (κ2) is 6.62. The van der Waals surface area contributed by atoms with Crippen molar-refractivity contribution in [3.05, 3.63) is 65.0 Å². The van der Waals surface area contributed by atoms with Gasteiger partial charge < -0.3 is 4.57 Å². The minimum atomic E-state index is -0.444. The zero-order valence-corrected chi connectivity index (χ0v) is 13.4. The minimum absolute atomic E-state index is 0.222. The molecule has 0 aliphatic carbocycles. The number of hydroxylamine groups is 2. The van der Waals surface area contributed by atoms with Crippen molar-refractivity contribution in [1.29, 1.82) is 0 Å². The molecule has 0 spiro atoms. The van der Waals surface area contributed by atoms with E-state index in [4.69, 9.17) is 5.21 Å². The summed E-state index contributed by atoms with van der Waals surface area (Å²) in [4.78, 5) is 11.5. The summed E-state index contributed by atoms with van der Waals surface area (Å²) in [7, 11) is 1.31. The SMILES string of the molecule is Cc1cc(/C=C/C(=O)N(C)O)c(C)n1C(C)c1ccccc1. The molecule has 0 aliphatic heterocycles. The molecule has 1 unspecified atom stereocenters. The molecular formula is C18H22N2O2. The summed E-state index contributed by atoms with van der Waals surface area (Å²) in [6.45, 7) is 6.26. The first-order valence-corrected chi connectivity index (χ1v) is 7.30. The molecule has 1 atom stereocenters. The maximum absolute atomic E-state index is 11.5. The normalized spacial score (nSPS) is 12.6. The Morgan fingerprint density at radius 1 is 1.27 bits per heavy atom. The van der Waals surface area contributed by atoms with E-state index in [2.05, 4.69) is 36.6 Å². The Labute approximate surface area is 131 Å². The molecule has 1 amide bonds. The monoisotopic (exact) mass is 298 g/mol. The summed E-state index contributed by atoms with van der Waals surface area (Å²) >= 11 is 0. The second-order valence-corrected chi connectivity index (χ2v) is 5.48. The lowest BCUT2D eigenvalue weighted by atomic mass is 10.1. The average Bonchev–Trinajstić information content (AvgIpc) is 2.79. The first-order chi connectivity index (χ1) is 10.4. The third kappa shape index (κ3) is 3.28. The third-order valence-corrected chi connectivity index (χ3v) is 3.92. The summed E-state index contributed by atoms with van der Waals surface area (Å²) < 4.78 is 2.25. The molecule has 4 nitrogen and oxygen atoms in total. The van der Waals surface area contributed by atoms with Gasteiger partial charge in [0.25, 0.3) is 5.91 Å². The molecule has 4 heteroatoms. The highest BCUT2D eigenvalue weighted by Crippen LogP contribution is 2.26. The number of carbonyl (C=O) groups excluding carboxylic acids is 1. The highest BCUT2D eigenvalue weighted by Gasteiger charge is 2.14. The van der Waals surface area contributed by atoms with Gasteiger partial charge in [0.05, 0.1) is 6.04 Å². The van der Waals surface area contributed by atoms with Crippen LogP contribution in [0.5, 0.6) is 0 Å². The standard InChI is InChI=1S/C18H22N2O2/c1-13-12-17(10-11-18(21)19(4)22)15(3)20(13)14(2)16-8-6-5-7-9-16/h5-12,14,22H,1-4H3/b11-10+. The second-order valence-electron chi connectivity index (χ2n) is 5.48. The number of aromatic nitrogens is 1. The topological polar surface area (TPSA) is 45.5 Å². The summed E-state index contributed by atoms with van der Waals surface area (Å²) in [5.74, 6) is -0.444. The van der Waals surface area contributed by atoms with Crippen LogP contribution in [0.1, 0.15) is 35.5 Å². The fourth-order valence-corrected chi connectivity index (χ4v) is 2.72. The van der Waals surface area contributed by atoms with Crippen molar-refractivity contribution in [3.63, 3.8) is 0 Å². The molecule has 22 heavy (non-hydrogen) atoms. The average molecular weight is 298 g/mol. The highest BCUT2D eigenvalue weighted by molar-refractivity contribution is 5.90. The number of rotatable bonds is 4. The smallest absolute Gasteiger partial charge is 0.269 e. The maximum Gasteiger partial charge on any atom is 0.269 e. The first-order valence-electron chi connectivity index (χ1n) is 7.30. The number of hydrogen-bond acceptors (Lipinski definition) is 2. The highest BCUT2D eigenvalue weighted by atomic mass is 16.5. The van der Waals surface area contributed by atoms with E-state index in [1.807, 2.05) is 25.1 Å². The molecule has 1 aromatic carbocycles. The van der Waals surface area contributed by atoms with Gasteiger partial charge in [0.15, 0.2) is 0 Å². The Balaban J connectivity index is 2.33. The molecule has 0 fully saturated rings. The number of nitrogens with zero attached hydrogens (tertiary/aromatic N) is 2. The van der Waals surface area contributed by atoms with Crippen LogP contribution >= 0.6 is 0 Å². The molecule has 0 radical (unpaired) electrons. The van der Waals surface area contributed by atoms with Crippen LogP contribution in [0.4, 0.5) is 0 Å². The van der Waals surface area contributed by atoms with Crippen LogP contribution in [0.15, 0.2) is 42.5 Å². The van der Waals surface area contributed by atoms with Gasteiger partial charge in [-0.1, -0.05) is 30.3 Å². The van der Waals surface area contributed by atoms with E-state index in [1.54, 1.807) is 6.08 Å². The van der Waals surface area contributed by atoms with E-state index in [1.165, 1.54) is 18.7 Å². The lowest BCUT2D eigenvalue weighted by molar-refractivity contribution is -0.153. The van der Waals surface area contributed by atoms with Crippen molar-refractivity contribution in [2.24, 2.45) is 0 Å². The molecular weight excluding hydrogens is 276 g/mol. The van der Waals surface area contributed by atoms with Crippen LogP contribution < -0.4 is 0 Å². The number of hydrogen-bond donors (Lipinski definition) is 1. The number of carbonyl (C=O) groups is 1. The van der Waals surface area contributed by atoms with Crippen LogP contribution in [0.2, 0.25) is 0 Å². The Kier molecular flexibility index (Phi) is 4.83. The maximum atomic E-state index is 11.5. The third-order valence-electron chi connectivity index (χ3n) is 3.92. The van der Waals surface area contributed by atoms with Crippen LogP contribution in [0.25, 0.3) is 6.08 Å². The predicted octanol–water partition coefficient (Wildman–Crippen LogP) is 3.58. The Morgan fingerprint density at radius 2 is 1.91 bits per heavy atom. The van der Waals surface area contributed by atoms with Crippen molar-refractivity contribution in [3.8, 4) is 0 Å². The summed E-state index contributed by atoms with van der Waals surface area (Å²) in [5, 5.41) is 9.66. The Hall–Kier alpha value is -2.33. The summed E-state index contributed by atoms with van der Waals surface area (Å²) in [6, 6.07) is 12.6. The van der Waals surface area contributed by atoms with Crippen LogP contribution in [0.3, 0.4) is 0 Å². The quantitative estimate of drug-likeness (QED) is 0.533.